The lowest BCUT2D eigenvalue weighted by molar-refractivity contribution is 0.630. The van der Waals surface area contributed by atoms with Crippen molar-refractivity contribution in [3.05, 3.63) is 50.4 Å². The van der Waals surface area contributed by atoms with Crippen molar-refractivity contribution in [1.82, 2.24) is 4.98 Å². The molecule has 84 valence electrons. The SMILES string of the molecule is N#Cc1ccc(-c2ncc(I)cc2Cl)c(F)c1. The van der Waals surface area contributed by atoms with Gasteiger partial charge in [0.05, 0.1) is 22.3 Å². The first-order valence-electron chi connectivity index (χ1n) is 4.63. The number of hydrogen-bond donors (Lipinski definition) is 0. The summed E-state index contributed by atoms with van der Waals surface area (Å²) in [6, 6.07) is 7.80. The van der Waals surface area contributed by atoms with Crippen molar-refractivity contribution in [3.8, 4) is 17.3 Å². The van der Waals surface area contributed by atoms with Gasteiger partial charge in [0.25, 0.3) is 0 Å². The first-order chi connectivity index (χ1) is 8.11. The van der Waals surface area contributed by atoms with E-state index < -0.39 is 5.82 Å². The Bertz CT molecular complexity index is 622. The third-order valence-electron chi connectivity index (χ3n) is 2.16. The molecular formula is C12H5ClFIN2. The largest absolute Gasteiger partial charge is 0.253 e. The molecule has 0 unspecified atom stereocenters. The number of pyridine rings is 1. The predicted molar refractivity (Wildman–Crippen MR) is 72.1 cm³/mol. The van der Waals surface area contributed by atoms with Crippen LogP contribution in [0.25, 0.3) is 11.3 Å². The number of benzene rings is 1. The highest BCUT2D eigenvalue weighted by atomic mass is 127. The maximum atomic E-state index is 13.8. The van der Waals surface area contributed by atoms with Gasteiger partial charge in [-0.25, -0.2) is 4.39 Å². The zero-order valence-corrected chi connectivity index (χ0v) is 11.3. The minimum atomic E-state index is -0.500. The third-order valence-corrected chi connectivity index (χ3v) is 3.04. The number of nitrogens with zero attached hydrogens (tertiary/aromatic N) is 2. The standard InChI is InChI=1S/C12H5ClFIN2/c13-10-4-8(15)6-17-12(10)9-2-1-7(5-16)3-11(9)14/h1-4,6H. The molecule has 1 aromatic heterocycles. The van der Waals surface area contributed by atoms with Crippen molar-refractivity contribution < 1.29 is 4.39 Å². The average molecular weight is 359 g/mol. The summed E-state index contributed by atoms with van der Waals surface area (Å²) in [4.78, 5) is 4.10. The molecule has 0 saturated carbocycles. The van der Waals surface area contributed by atoms with Gasteiger partial charge in [-0.15, -0.1) is 0 Å². The molecule has 0 aliphatic carbocycles. The normalized spacial score (nSPS) is 10.0. The molecule has 0 aliphatic rings. The lowest BCUT2D eigenvalue weighted by atomic mass is 10.1. The Morgan fingerprint density at radius 1 is 1.35 bits per heavy atom. The number of aromatic nitrogens is 1. The molecule has 0 aliphatic heterocycles. The zero-order chi connectivity index (χ0) is 12.4. The Labute approximate surface area is 116 Å². The lowest BCUT2D eigenvalue weighted by Gasteiger charge is -2.05. The molecule has 2 aromatic rings. The highest BCUT2D eigenvalue weighted by molar-refractivity contribution is 14.1. The van der Waals surface area contributed by atoms with Gasteiger partial charge in [0.2, 0.25) is 0 Å². The minimum absolute atomic E-state index is 0.271. The summed E-state index contributed by atoms with van der Waals surface area (Å²) in [6.07, 6.45) is 1.61. The van der Waals surface area contributed by atoms with E-state index in [4.69, 9.17) is 16.9 Å². The van der Waals surface area contributed by atoms with Crippen molar-refractivity contribution in [2.75, 3.05) is 0 Å². The van der Waals surface area contributed by atoms with E-state index in [1.807, 2.05) is 6.07 Å². The fraction of sp³-hybridized carbons (Fsp3) is 0. The lowest BCUT2D eigenvalue weighted by Crippen LogP contribution is -1.91. The molecule has 0 bridgehead atoms. The van der Waals surface area contributed by atoms with Crippen LogP contribution >= 0.6 is 34.2 Å². The van der Waals surface area contributed by atoms with Gasteiger partial charge in [-0.2, -0.15) is 5.26 Å². The maximum absolute atomic E-state index is 13.8. The van der Waals surface area contributed by atoms with Crippen LogP contribution in [0.15, 0.2) is 30.5 Å². The van der Waals surface area contributed by atoms with Crippen LogP contribution in [0.4, 0.5) is 4.39 Å². The van der Waals surface area contributed by atoms with E-state index in [2.05, 4.69) is 27.6 Å². The van der Waals surface area contributed by atoms with Gasteiger partial charge in [0, 0.05) is 15.3 Å². The molecule has 0 saturated heterocycles. The number of rotatable bonds is 1. The van der Waals surface area contributed by atoms with Crippen LogP contribution in [0.1, 0.15) is 5.56 Å². The van der Waals surface area contributed by atoms with Gasteiger partial charge >= 0.3 is 0 Å². The molecule has 0 fully saturated rings. The molecule has 0 N–H and O–H groups in total. The average Bonchev–Trinajstić information content (AvgIpc) is 2.30. The minimum Gasteiger partial charge on any atom is -0.253 e. The van der Waals surface area contributed by atoms with Crippen LogP contribution in [0.2, 0.25) is 5.02 Å². The van der Waals surface area contributed by atoms with E-state index in [9.17, 15) is 4.39 Å². The number of halogens is 3. The smallest absolute Gasteiger partial charge is 0.133 e. The zero-order valence-electron chi connectivity index (χ0n) is 8.42. The molecule has 0 atom stereocenters. The second kappa shape index (κ2) is 4.98. The summed E-state index contributed by atoms with van der Waals surface area (Å²) in [5, 5.41) is 9.04. The molecule has 0 spiro atoms. The Morgan fingerprint density at radius 2 is 2.12 bits per heavy atom. The first kappa shape index (κ1) is 12.3. The quantitative estimate of drug-likeness (QED) is 0.722. The number of hydrogen-bond acceptors (Lipinski definition) is 2. The van der Waals surface area contributed by atoms with E-state index in [1.54, 1.807) is 12.3 Å². The van der Waals surface area contributed by atoms with Crippen LogP contribution in [0.5, 0.6) is 0 Å². The van der Waals surface area contributed by atoms with E-state index in [0.717, 1.165) is 3.57 Å². The summed E-state index contributed by atoms with van der Waals surface area (Å²) in [7, 11) is 0. The maximum Gasteiger partial charge on any atom is 0.133 e. The van der Waals surface area contributed by atoms with Crippen LogP contribution in [0, 0.1) is 20.7 Å². The Hall–Kier alpha value is -1.19. The second-order valence-corrected chi connectivity index (χ2v) is 4.94. The summed E-state index contributed by atoms with van der Waals surface area (Å²) in [6.45, 7) is 0. The molecule has 0 amide bonds. The third kappa shape index (κ3) is 2.56. The van der Waals surface area contributed by atoms with Crippen molar-refractivity contribution in [2.45, 2.75) is 0 Å². The van der Waals surface area contributed by atoms with Crippen molar-refractivity contribution in [3.63, 3.8) is 0 Å². The summed E-state index contributed by atoms with van der Waals surface area (Å²) in [5.41, 5.74) is 0.951. The molecule has 2 nitrogen and oxygen atoms in total. The van der Waals surface area contributed by atoms with Crippen LogP contribution < -0.4 is 0 Å². The fourth-order valence-electron chi connectivity index (χ4n) is 1.39. The van der Waals surface area contributed by atoms with Gasteiger partial charge in [-0.3, -0.25) is 4.98 Å². The summed E-state index contributed by atoms with van der Waals surface area (Å²) in [5.74, 6) is -0.500. The first-order valence-corrected chi connectivity index (χ1v) is 6.08. The highest BCUT2D eigenvalue weighted by Gasteiger charge is 2.11. The van der Waals surface area contributed by atoms with E-state index >= 15 is 0 Å². The van der Waals surface area contributed by atoms with Gasteiger partial charge in [0.1, 0.15) is 5.82 Å². The molecule has 17 heavy (non-hydrogen) atoms. The van der Waals surface area contributed by atoms with E-state index in [0.29, 0.717) is 16.3 Å². The van der Waals surface area contributed by atoms with Crippen molar-refractivity contribution in [2.24, 2.45) is 0 Å². The van der Waals surface area contributed by atoms with Crippen molar-refractivity contribution in [1.29, 1.82) is 5.26 Å². The predicted octanol–water partition coefficient (Wildman–Crippen LogP) is 4.02. The summed E-state index contributed by atoms with van der Waals surface area (Å²) >= 11 is 8.09. The topological polar surface area (TPSA) is 36.7 Å². The van der Waals surface area contributed by atoms with Gasteiger partial charge < -0.3 is 0 Å². The van der Waals surface area contributed by atoms with Gasteiger partial charge in [-0.1, -0.05) is 11.6 Å². The highest BCUT2D eigenvalue weighted by Crippen LogP contribution is 2.29. The van der Waals surface area contributed by atoms with Crippen LogP contribution in [-0.4, -0.2) is 4.98 Å². The second-order valence-electron chi connectivity index (χ2n) is 3.29. The Kier molecular flexibility index (Phi) is 3.60. The molecule has 0 radical (unpaired) electrons. The van der Waals surface area contributed by atoms with Gasteiger partial charge in [0.15, 0.2) is 0 Å². The van der Waals surface area contributed by atoms with Crippen LogP contribution in [0.3, 0.4) is 0 Å². The molecule has 5 heteroatoms. The molecule has 1 heterocycles. The molecule has 2 rings (SSSR count). The Morgan fingerprint density at radius 3 is 2.71 bits per heavy atom. The van der Waals surface area contributed by atoms with E-state index in [-0.39, 0.29) is 5.56 Å². The fourth-order valence-corrected chi connectivity index (χ4v) is 2.29. The van der Waals surface area contributed by atoms with E-state index in [1.165, 1.54) is 18.2 Å². The van der Waals surface area contributed by atoms with Gasteiger partial charge in [-0.05, 0) is 46.9 Å². The molecular weight excluding hydrogens is 354 g/mol. The number of nitriles is 1. The van der Waals surface area contributed by atoms with Crippen LogP contribution in [-0.2, 0) is 0 Å². The summed E-state index contributed by atoms with van der Waals surface area (Å²) < 4.78 is 14.6. The van der Waals surface area contributed by atoms with Crippen molar-refractivity contribution >= 4 is 34.2 Å². The Balaban J connectivity index is 2.58. The molecule has 1 aromatic carbocycles. The monoisotopic (exact) mass is 358 g/mol.